The first kappa shape index (κ1) is 8.01. The van der Waals surface area contributed by atoms with Crippen molar-refractivity contribution in [3.8, 4) is 0 Å². The molecule has 60 valence electrons. The van der Waals surface area contributed by atoms with Gasteiger partial charge in [-0.1, -0.05) is 6.08 Å². The maximum Gasteiger partial charge on any atom is 0.330 e. The van der Waals surface area contributed by atoms with E-state index in [1.807, 2.05) is 0 Å². The summed E-state index contributed by atoms with van der Waals surface area (Å²) in [5, 5.41) is 9.21. The third kappa shape index (κ3) is 1.91. The van der Waals surface area contributed by atoms with Crippen LogP contribution in [0.3, 0.4) is 0 Å². The molecule has 0 spiro atoms. The topological polar surface area (TPSA) is 46.5 Å². The third-order valence-corrected chi connectivity index (χ3v) is 1.48. The molecule has 11 heavy (non-hydrogen) atoms. The van der Waals surface area contributed by atoms with Gasteiger partial charge in [0.25, 0.3) is 0 Å². The van der Waals surface area contributed by atoms with Crippen LogP contribution in [0.15, 0.2) is 24.8 Å². The molecule has 0 aromatic rings. The standard InChI is InChI=1S/C8H10O3/c1-2-3-7-6(9)4-5-8(10)11-7/h2,4-7,9H,1,3H2/t6-,7-/m0/s1. The molecule has 0 saturated heterocycles. The lowest BCUT2D eigenvalue weighted by atomic mass is 10.1. The Bertz CT molecular complexity index is 196. The zero-order valence-electron chi connectivity index (χ0n) is 6.06. The molecule has 3 nitrogen and oxygen atoms in total. The Balaban J connectivity index is 2.59. The fraction of sp³-hybridized carbons (Fsp3) is 0.375. The van der Waals surface area contributed by atoms with E-state index in [2.05, 4.69) is 6.58 Å². The van der Waals surface area contributed by atoms with Gasteiger partial charge in [0.15, 0.2) is 0 Å². The van der Waals surface area contributed by atoms with Gasteiger partial charge in [-0.25, -0.2) is 4.79 Å². The van der Waals surface area contributed by atoms with Crippen molar-refractivity contribution in [3.63, 3.8) is 0 Å². The molecule has 0 radical (unpaired) electrons. The number of rotatable bonds is 2. The van der Waals surface area contributed by atoms with E-state index in [0.29, 0.717) is 6.42 Å². The van der Waals surface area contributed by atoms with E-state index in [1.54, 1.807) is 6.08 Å². The Labute approximate surface area is 65.0 Å². The third-order valence-electron chi connectivity index (χ3n) is 1.48. The van der Waals surface area contributed by atoms with Crippen LogP contribution in [-0.2, 0) is 9.53 Å². The van der Waals surface area contributed by atoms with Gasteiger partial charge in [-0.3, -0.25) is 0 Å². The van der Waals surface area contributed by atoms with E-state index < -0.39 is 18.2 Å². The van der Waals surface area contributed by atoms with E-state index in [4.69, 9.17) is 4.74 Å². The van der Waals surface area contributed by atoms with Crippen LogP contribution in [0.25, 0.3) is 0 Å². The number of hydrogen-bond donors (Lipinski definition) is 1. The van der Waals surface area contributed by atoms with Gasteiger partial charge in [0, 0.05) is 12.5 Å². The highest BCUT2D eigenvalue weighted by Gasteiger charge is 2.22. The summed E-state index contributed by atoms with van der Waals surface area (Å²) in [7, 11) is 0. The molecule has 0 saturated carbocycles. The Morgan fingerprint density at radius 3 is 3.18 bits per heavy atom. The number of cyclic esters (lactones) is 1. The minimum absolute atomic E-state index is 0.401. The summed E-state index contributed by atoms with van der Waals surface area (Å²) >= 11 is 0. The largest absolute Gasteiger partial charge is 0.456 e. The maximum atomic E-state index is 10.6. The predicted octanol–water partition coefficient (Wildman–Crippen LogP) is 0.405. The molecule has 1 heterocycles. The van der Waals surface area contributed by atoms with E-state index in [1.165, 1.54) is 12.2 Å². The van der Waals surface area contributed by atoms with E-state index in [0.717, 1.165) is 0 Å². The molecule has 2 atom stereocenters. The van der Waals surface area contributed by atoms with E-state index in [-0.39, 0.29) is 0 Å². The first-order chi connectivity index (χ1) is 5.24. The van der Waals surface area contributed by atoms with Crippen LogP contribution < -0.4 is 0 Å². The van der Waals surface area contributed by atoms with Gasteiger partial charge in [0.05, 0.1) is 0 Å². The number of carbonyl (C=O) groups excluding carboxylic acids is 1. The van der Waals surface area contributed by atoms with Crippen LogP contribution in [0.2, 0.25) is 0 Å². The molecular weight excluding hydrogens is 144 g/mol. The summed E-state index contributed by atoms with van der Waals surface area (Å²) in [6.07, 6.45) is 3.61. The first-order valence-corrected chi connectivity index (χ1v) is 3.42. The lowest BCUT2D eigenvalue weighted by Crippen LogP contribution is -2.32. The van der Waals surface area contributed by atoms with Gasteiger partial charge in [0.2, 0.25) is 0 Å². The zero-order valence-corrected chi connectivity index (χ0v) is 6.06. The average Bonchev–Trinajstić information content (AvgIpc) is 1.98. The SMILES string of the molecule is C=CC[C@@H]1OC(=O)C=C[C@@H]1O. The van der Waals surface area contributed by atoms with Gasteiger partial charge in [-0.15, -0.1) is 6.58 Å². The smallest absolute Gasteiger partial charge is 0.330 e. The summed E-state index contributed by atoms with van der Waals surface area (Å²) in [5.74, 6) is -0.401. The number of aliphatic hydroxyl groups is 1. The number of carbonyl (C=O) groups is 1. The molecule has 1 rings (SSSR count). The van der Waals surface area contributed by atoms with E-state index >= 15 is 0 Å². The Morgan fingerprint density at radius 1 is 1.82 bits per heavy atom. The Kier molecular flexibility index (Phi) is 2.44. The summed E-state index contributed by atoms with van der Waals surface area (Å²) in [6, 6.07) is 0. The number of ether oxygens (including phenoxy) is 1. The van der Waals surface area contributed by atoms with Gasteiger partial charge in [0.1, 0.15) is 12.2 Å². The molecule has 0 aromatic heterocycles. The van der Waals surface area contributed by atoms with Crippen LogP contribution in [0.1, 0.15) is 6.42 Å². The summed E-state index contributed by atoms with van der Waals surface area (Å²) < 4.78 is 4.79. The van der Waals surface area contributed by atoms with Crippen molar-refractivity contribution in [2.45, 2.75) is 18.6 Å². The zero-order chi connectivity index (χ0) is 8.27. The van der Waals surface area contributed by atoms with Crippen molar-refractivity contribution in [1.29, 1.82) is 0 Å². The second-order valence-corrected chi connectivity index (χ2v) is 2.35. The molecule has 3 heteroatoms. The fourth-order valence-corrected chi connectivity index (χ4v) is 0.911. The van der Waals surface area contributed by atoms with Crippen molar-refractivity contribution >= 4 is 5.97 Å². The van der Waals surface area contributed by atoms with Crippen molar-refractivity contribution in [1.82, 2.24) is 0 Å². The highest BCUT2D eigenvalue weighted by Crippen LogP contribution is 2.11. The van der Waals surface area contributed by atoms with Crippen LogP contribution in [0, 0.1) is 0 Å². The number of aliphatic hydroxyl groups excluding tert-OH is 1. The van der Waals surface area contributed by atoms with Crippen LogP contribution in [0.4, 0.5) is 0 Å². The lowest BCUT2D eigenvalue weighted by Gasteiger charge is -2.21. The predicted molar refractivity (Wildman–Crippen MR) is 39.8 cm³/mol. The van der Waals surface area contributed by atoms with Crippen LogP contribution in [-0.4, -0.2) is 23.3 Å². The Morgan fingerprint density at radius 2 is 2.55 bits per heavy atom. The molecule has 0 aromatic carbocycles. The lowest BCUT2D eigenvalue weighted by molar-refractivity contribution is -0.149. The second-order valence-electron chi connectivity index (χ2n) is 2.35. The normalized spacial score (nSPS) is 29.7. The molecule has 1 aliphatic heterocycles. The van der Waals surface area contributed by atoms with Gasteiger partial charge >= 0.3 is 5.97 Å². The van der Waals surface area contributed by atoms with Crippen LogP contribution in [0.5, 0.6) is 0 Å². The van der Waals surface area contributed by atoms with Crippen LogP contribution >= 0.6 is 0 Å². The van der Waals surface area contributed by atoms with Crippen molar-refractivity contribution in [2.75, 3.05) is 0 Å². The quantitative estimate of drug-likeness (QED) is 0.462. The summed E-state index contributed by atoms with van der Waals surface area (Å²) in [6.45, 7) is 3.49. The highest BCUT2D eigenvalue weighted by atomic mass is 16.6. The van der Waals surface area contributed by atoms with Crippen molar-refractivity contribution in [2.24, 2.45) is 0 Å². The monoisotopic (exact) mass is 154 g/mol. The first-order valence-electron chi connectivity index (χ1n) is 3.42. The molecule has 0 fully saturated rings. The summed E-state index contributed by atoms with van der Waals surface area (Å²) in [5.41, 5.74) is 0. The molecule has 0 amide bonds. The second kappa shape index (κ2) is 3.34. The van der Waals surface area contributed by atoms with Gasteiger partial charge in [-0.05, 0) is 6.08 Å². The van der Waals surface area contributed by atoms with Gasteiger partial charge < -0.3 is 9.84 Å². The molecule has 0 unspecified atom stereocenters. The Hall–Kier alpha value is -1.09. The number of hydrogen-bond acceptors (Lipinski definition) is 3. The highest BCUT2D eigenvalue weighted by molar-refractivity contribution is 5.83. The molecular formula is C8H10O3. The van der Waals surface area contributed by atoms with Crippen molar-refractivity contribution in [3.05, 3.63) is 24.8 Å². The van der Waals surface area contributed by atoms with E-state index in [9.17, 15) is 9.90 Å². The molecule has 0 bridgehead atoms. The maximum absolute atomic E-state index is 10.6. The summed E-state index contributed by atoms with van der Waals surface area (Å²) in [4.78, 5) is 10.6. The fourth-order valence-electron chi connectivity index (χ4n) is 0.911. The molecule has 1 N–H and O–H groups in total. The molecule has 0 aliphatic carbocycles. The van der Waals surface area contributed by atoms with Crippen molar-refractivity contribution < 1.29 is 14.6 Å². The average molecular weight is 154 g/mol. The van der Waals surface area contributed by atoms with Gasteiger partial charge in [-0.2, -0.15) is 0 Å². The minimum Gasteiger partial charge on any atom is -0.456 e. The molecule has 1 aliphatic rings. The number of esters is 1. The minimum atomic E-state index is -0.689.